The summed E-state index contributed by atoms with van der Waals surface area (Å²) in [7, 11) is 0. The number of aryl methyl sites for hydroxylation is 2. The number of hydrogen-bond acceptors (Lipinski definition) is 4. The summed E-state index contributed by atoms with van der Waals surface area (Å²) >= 11 is 0. The number of nitrogens with two attached hydrogens (primary N) is 1. The Hall–Kier alpha value is -3.39. The van der Waals surface area contributed by atoms with E-state index in [9.17, 15) is 14.4 Å². The minimum Gasteiger partial charge on any atom is -0.368 e. The van der Waals surface area contributed by atoms with Crippen molar-refractivity contribution in [2.45, 2.75) is 58.3 Å². The number of carbonyl (C=O) groups is 2. The molecule has 3 aromatic rings. The molecular formula is C25H31N5O3. The number of likely N-dealkylation sites (tertiary alicyclic amines) is 1. The molecule has 1 aliphatic rings. The van der Waals surface area contributed by atoms with Crippen molar-refractivity contribution < 1.29 is 9.59 Å². The van der Waals surface area contributed by atoms with E-state index in [1.165, 1.54) is 0 Å². The highest BCUT2D eigenvalue weighted by molar-refractivity contribution is 5.90. The molecule has 0 spiro atoms. The molecule has 1 aliphatic heterocycles. The fraction of sp³-hybridized carbons (Fsp3) is 0.400. The van der Waals surface area contributed by atoms with E-state index >= 15 is 0 Å². The van der Waals surface area contributed by atoms with Crippen LogP contribution in [0.15, 0.2) is 53.3 Å². The number of fused-ring (bicyclic) bond motifs is 1. The van der Waals surface area contributed by atoms with Crippen LogP contribution in [-0.4, -0.2) is 38.4 Å². The maximum atomic E-state index is 12.9. The van der Waals surface area contributed by atoms with Gasteiger partial charge in [-0.25, -0.2) is 4.79 Å². The van der Waals surface area contributed by atoms with E-state index in [0.29, 0.717) is 25.3 Å². The first-order chi connectivity index (χ1) is 16.0. The lowest BCUT2D eigenvalue weighted by atomic mass is 10.1. The molecule has 1 atom stereocenters. The molecule has 1 unspecified atom stereocenters. The predicted molar refractivity (Wildman–Crippen MR) is 129 cm³/mol. The number of rotatable bonds is 9. The predicted octanol–water partition coefficient (Wildman–Crippen LogP) is 2.69. The Morgan fingerprint density at radius 1 is 1.06 bits per heavy atom. The number of nitrogens with zero attached hydrogens (tertiary/aromatic N) is 3. The van der Waals surface area contributed by atoms with Gasteiger partial charge < -0.3 is 11.1 Å². The molecule has 4 rings (SSSR count). The van der Waals surface area contributed by atoms with Gasteiger partial charge in [-0.2, -0.15) is 0 Å². The monoisotopic (exact) mass is 449 g/mol. The number of primary amides is 1. The Morgan fingerprint density at radius 3 is 2.48 bits per heavy atom. The topological polar surface area (TPSA) is 102 Å². The lowest BCUT2D eigenvalue weighted by molar-refractivity contribution is -0.122. The van der Waals surface area contributed by atoms with Gasteiger partial charge in [-0.1, -0.05) is 31.2 Å². The van der Waals surface area contributed by atoms with Crippen molar-refractivity contribution >= 4 is 28.5 Å². The Bertz CT molecular complexity index is 1210. The number of aromatic nitrogens is 2. The first-order valence-corrected chi connectivity index (χ1v) is 11.6. The quantitative estimate of drug-likeness (QED) is 0.524. The lowest BCUT2D eigenvalue weighted by Gasteiger charge is -2.22. The van der Waals surface area contributed by atoms with E-state index in [-0.39, 0.29) is 30.0 Å². The van der Waals surface area contributed by atoms with E-state index in [0.717, 1.165) is 42.4 Å². The van der Waals surface area contributed by atoms with E-state index in [4.69, 9.17) is 5.73 Å². The van der Waals surface area contributed by atoms with Gasteiger partial charge >= 0.3 is 5.69 Å². The third kappa shape index (κ3) is 5.01. The van der Waals surface area contributed by atoms with Crippen LogP contribution in [0.1, 0.15) is 38.2 Å². The number of hydrogen-bond donors (Lipinski definition) is 2. The van der Waals surface area contributed by atoms with Crippen molar-refractivity contribution in [2.24, 2.45) is 5.73 Å². The molecule has 0 aliphatic carbocycles. The van der Waals surface area contributed by atoms with Crippen molar-refractivity contribution in [3.63, 3.8) is 0 Å². The molecule has 1 aromatic heterocycles. The van der Waals surface area contributed by atoms with Crippen LogP contribution in [0.2, 0.25) is 0 Å². The maximum absolute atomic E-state index is 12.9. The molecule has 8 heteroatoms. The number of nitrogens with one attached hydrogen (secondary N) is 1. The molecule has 0 bridgehead atoms. The van der Waals surface area contributed by atoms with Gasteiger partial charge in [-0.15, -0.1) is 0 Å². The average molecular weight is 450 g/mol. The zero-order valence-corrected chi connectivity index (χ0v) is 19.0. The first kappa shape index (κ1) is 22.8. The zero-order valence-electron chi connectivity index (χ0n) is 19.0. The Kier molecular flexibility index (Phi) is 6.93. The molecule has 2 heterocycles. The van der Waals surface area contributed by atoms with Crippen molar-refractivity contribution in [1.82, 2.24) is 14.0 Å². The summed E-state index contributed by atoms with van der Waals surface area (Å²) in [6.45, 7) is 4.46. The summed E-state index contributed by atoms with van der Waals surface area (Å²) in [6.07, 6.45) is 2.81. The second-order valence-corrected chi connectivity index (χ2v) is 8.60. The second kappa shape index (κ2) is 10.0. The van der Waals surface area contributed by atoms with E-state index in [1.807, 2.05) is 55.5 Å². The lowest BCUT2D eigenvalue weighted by Crippen LogP contribution is -2.39. The van der Waals surface area contributed by atoms with Gasteiger partial charge in [-0.3, -0.25) is 23.6 Å². The summed E-state index contributed by atoms with van der Waals surface area (Å²) in [4.78, 5) is 39.3. The third-order valence-corrected chi connectivity index (χ3v) is 6.22. The highest BCUT2D eigenvalue weighted by atomic mass is 16.2. The molecule has 8 nitrogen and oxygen atoms in total. The number of para-hydroxylation sites is 2. The molecule has 1 fully saturated rings. The van der Waals surface area contributed by atoms with Gasteiger partial charge in [-0.05, 0) is 55.6 Å². The van der Waals surface area contributed by atoms with Crippen LogP contribution in [0, 0.1) is 0 Å². The van der Waals surface area contributed by atoms with E-state index < -0.39 is 0 Å². The molecule has 1 saturated heterocycles. The van der Waals surface area contributed by atoms with Crippen LogP contribution in [0.4, 0.5) is 5.69 Å². The highest BCUT2D eigenvalue weighted by Crippen LogP contribution is 2.21. The van der Waals surface area contributed by atoms with Crippen LogP contribution in [0.25, 0.3) is 11.0 Å². The third-order valence-electron chi connectivity index (χ3n) is 6.22. The summed E-state index contributed by atoms with van der Waals surface area (Å²) in [5.74, 6) is -0.435. The second-order valence-electron chi connectivity index (χ2n) is 8.60. The number of carbonyl (C=O) groups excluding carboxylic acids is 2. The molecule has 2 aromatic carbocycles. The largest absolute Gasteiger partial charge is 0.368 e. The molecule has 0 saturated carbocycles. The summed E-state index contributed by atoms with van der Waals surface area (Å²) in [5.41, 5.74) is 8.90. The summed E-state index contributed by atoms with van der Waals surface area (Å²) in [5, 5.41) is 2.94. The SMILES string of the molecule is CCCn1c(=O)n(CCC(=O)Nc2cccc(CN3CCCC3C(N)=O)c2)c2ccccc21. The number of imidazole rings is 1. The molecule has 0 radical (unpaired) electrons. The fourth-order valence-electron chi connectivity index (χ4n) is 4.68. The van der Waals surface area contributed by atoms with Crippen LogP contribution in [-0.2, 0) is 29.2 Å². The normalized spacial score (nSPS) is 16.3. The van der Waals surface area contributed by atoms with Crippen molar-refractivity contribution in [3.05, 3.63) is 64.6 Å². The average Bonchev–Trinajstić information content (AvgIpc) is 3.36. The molecule has 3 N–H and O–H groups in total. The van der Waals surface area contributed by atoms with Crippen molar-refractivity contribution in [3.8, 4) is 0 Å². The number of anilines is 1. The maximum Gasteiger partial charge on any atom is 0.329 e. The van der Waals surface area contributed by atoms with Gasteiger partial charge in [0.25, 0.3) is 0 Å². The Labute approximate surface area is 193 Å². The van der Waals surface area contributed by atoms with Gasteiger partial charge in [0.05, 0.1) is 17.1 Å². The van der Waals surface area contributed by atoms with Gasteiger partial charge in [0, 0.05) is 31.7 Å². The van der Waals surface area contributed by atoms with Gasteiger partial charge in [0.15, 0.2) is 0 Å². The Balaban J connectivity index is 1.41. The summed E-state index contributed by atoms with van der Waals surface area (Å²) < 4.78 is 3.45. The minimum absolute atomic E-state index is 0.0811. The van der Waals surface area contributed by atoms with Gasteiger partial charge in [0.1, 0.15) is 0 Å². The zero-order chi connectivity index (χ0) is 23.4. The molecule has 33 heavy (non-hydrogen) atoms. The van der Waals surface area contributed by atoms with Crippen LogP contribution < -0.4 is 16.7 Å². The minimum atomic E-state index is -0.285. The van der Waals surface area contributed by atoms with Crippen LogP contribution >= 0.6 is 0 Å². The van der Waals surface area contributed by atoms with Gasteiger partial charge in [0.2, 0.25) is 11.8 Å². The molecule has 174 valence electrons. The standard InChI is InChI=1S/C25H31N5O3/c1-2-13-29-20-9-3-4-10-21(20)30(25(29)33)15-12-23(31)27-19-8-5-7-18(16-19)17-28-14-6-11-22(28)24(26)32/h3-5,7-10,16,22H,2,6,11-15,17H2,1H3,(H2,26,32)(H,27,31). The highest BCUT2D eigenvalue weighted by Gasteiger charge is 2.28. The van der Waals surface area contributed by atoms with Crippen LogP contribution in [0.3, 0.4) is 0 Å². The smallest absolute Gasteiger partial charge is 0.329 e. The van der Waals surface area contributed by atoms with E-state index in [2.05, 4.69) is 10.2 Å². The Morgan fingerprint density at radius 2 is 1.79 bits per heavy atom. The van der Waals surface area contributed by atoms with Crippen molar-refractivity contribution in [1.29, 1.82) is 0 Å². The summed E-state index contributed by atoms with van der Waals surface area (Å²) in [6, 6.07) is 15.1. The number of amides is 2. The molecule has 2 amide bonds. The molecular weight excluding hydrogens is 418 g/mol. The fourth-order valence-corrected chi connectivity index (χ4v) is 4.68. The van der Waals surface area contributed by atoms with Crippen LogP contribution in [0.5, 0.6) is 0 Å². The van der Waals surface area contributed by atoms with Crippen molar-refractivity contribution in [2.75, 3.05) is 11.9 Å². The van der Waals surface area contributed by atoms with E-state index in [1.54, 1.807) is 9.13 Å². The number of benzene rings is 2. The first-order valence-electron chi connectivity index (χ1n) is 11.6.